The molecule has 1 aliphatic heterocycles. The number of ether oxygens (including phenoxy) is 1. The summed E-state index contributed by atoms with van der Waals surface area (Å²) < 4.78 is 10.2. The van der Waals surface area contributed by atoms with Gasteiger partial charge in [-0.15, -0.1) is 11.3 Å². The molecular formula is C43H83N5O2S. The highest BCUT2D eigenvalue weighted by molar-refractivity contribution is 7.09. The average molecular weight is 734 g/mol. The van der Waals surface area contributed by atoms with E-state index in [0.717, 1.165) is 30.8 Å². The maximum Gasteiger partial charge on any atom is 0.180 e. The van der Waals surface area contributed by atoms with Crippen molar-refractivity contribution in [2.24, 2.45) is 11.8 Å². The lowest BCUT2D eigenvalue weighted by atomic mass is 9.96. The number of imidazole rings is 1. The highest BCUT2D eigenvalue weighted by atomic mass is 32.1. The number of H-pyrrole nitrogens is 1. The fourth-order valence-corrected chi connectivity index (χ4v) is 4.04. The summed E-state index contributed by atoms with van der Waals surface area (Å²) in [7, 11) is 0. The van der Waals surface area contributed by atoms with Crippen LogP contribution in [-0.4, -0.2) is 38.1 Å². The number of aromatic amines is 1. The molecule has 0 aromatic carbocycles. The van der Waals surface area contributed by atoms with Crippen molar-refractivity contribution in [1.82, 2.24) is 24.9 Å². The van der Waals surface area contributed by atoms with E-state index < -0.39 is 0 Å². The van der Waals surface area contributed by atoms with Gasteiger partial charge in [0.1, 0.15) is 5.76 Å². The standard InChI is InChI=1S/C8H11N.C7H14O.C6H10N2.C6H9NO.C6H9NS.5C2H6/c1-7(2)8-4-3-5-9-6-8;1-6(2)7-3-4-8-5-7;3*1-5(2)6-3-7-4-8-6;5*1-2/h3-7H,1-2H3;6-7H,3-5H2,1-2H3;3-5H,1-2H3,(H,7,8);2*3-5H,1-2H3;5*1-2H3. The molecule has 298 valence electrons. The Labute approximate surface area is 321 Å². The summed E-state index contributed by atoms with van der Waals surface area (Å²) in [6.07, 6.45) is 13.7. The molecule has 1 unspecified atom stereocenters. The van der Waals surface area contributed by atoms with Crippen LogP contribution in [0.25, 0.3) is 0 Å². The quantitative estimate of drug-likeness (QED) is 0.220. The Balaban J connectivity index is -0.000000163. The van der Waals surface area contributed by atoms with E-state index in [1.165, 1.54) is 28.9 Å². The molecule has 0 radical (unpaired) electrons. The van der Waals surface area contributed by atoms with Crippen LogP contribution in [0.5, 0.6) is 0 Å². The van der Waals surface area contributed by atoms with E-state index in [1.54, 1.807) is 30.1 Å². The highest BCUT2D eigenvalue weighted by Crippen LogP contribution is 2.20. The largest absolute Gasteiger partial charge is 0.448 e. The van der Waals surface area contributed by atoms with Crippen LogP contribution in [0.15, 0.2) is 65.8 Å². The second kappa shape index (κ2) is 43.3. The minimum absolute atomic E-state index is 0.456. The van der Waals surface area contributed by atoms with E-state index in [2.05, 4.69) is 100 Å². The minimum Gasteiger partial charge on any atom is -0.448 e. The van der Waals surface area contributed by atoms with E-state index in [1.807, 2.05) is 99.4 Å². The van der Waals surface area contributed by atoms with Gasteiger partial charge in [0, 0.05) is 54.5 Å². The molecule has 51 heavy (non-hydrogen) atoms. The molecule has 4 aromatic rings. The predicted octanol–water partition coefficient (Wildman–Crippen LogP) is 14.6. The van der Waals surface area contributed by atoms with Gasteiger partial charge in [-0.3, -0.25) is 9.97 Å². The van der Waals surface area contributed by atoms with E-state index >= 15 is 0 Å². The summed E-state index contributed by atoms with van der Waals surface area (Å²) >= 11 is 1.72. The fraction of sp³-hybridized carbons (Fsp3) is 0.674. The Kier molecular flexibility index (Phi) is 48.8. The third kappa shape index (κ3) is 34.0. The van der Waals surface area contributed by atoms with Crippen molar-refractivity contribution >= 4 is 11.3 Å². The van der Waals surface area contributed by atoms with Crippen molar-refractivity contribution in [2.75, 3.05) is 13.2 Å². The smallest absolute Gasteiger partial charge is 0.180 e. The highest BCUT2D eigenvalue weighted by Gasteiger charge is 2.18. The van der Waals surface area contributed by atoms with Gasteiger partial charge in [-0.05, 0) is 47.6 Å². The predicted molar refractivity (Wildman–Crippen MR) is 228 cm³/mol. The number of pyridine rings is 1. The monoisotopic (exact) mass is 734 g/mol. The Morgan fingerprint density at radius 3 is 1.49 bits per heavy atom. The van der Waals surface area contributed by atoms with Crippen molar-refractivity contribution in [1.29, 1.82) is 0 Å². The van der Waals surface area contributed by atoms with E-state index in [9.17, 15) is 0 Å². The zero-order valence-electron chi connectivity index (χ0n) is 36.9. The van der Waals surface area contributed by atoms with Crippen LogP contribution >= 0.6 is 11.3 Å². The Morgan fingerprint density at radius 1 is 0.667 bits per heavy atom. The average Bonchev–Trinajstić information content (AvgIpc) is 4.02. The number of hydrogen-bond donors (Lipinski definition) is 1. The van der Waals surface area contributed by atoms with Crippen LogP contribution in [0.3, 0.4) is 0 Å². The Hall–Kier alpha value is -2.84. The van der Waals surface area contributed by atoms with E-state index in [0.29, 0.717) is 23.7 Å². The molecule has 4 aromatic heterocycles. The Morgan fingerprint density at radius 2 is 1.27 bits per heavy atom. The van der Waals surface area contributed by atoms with Gasteiger partial charge in [-0.1, -0.05) is 145 Å². The second-order valence-electron chi connectivity index (χ2n) is 11.6. The topological polar surface area (TPSA) is 89.7 Å². The number of aromatic nitrogens is 5. The van der Waals surface area contributed by atoms with Crippen LogP contribution in [-0.2, 0) is 4.74 Å². The van der Waals surface area contributed by atoms with Gasteiger partial charge in [-0.2, -0.15) is 0 Å². The van der Waals surface area contributed by atoms with Crippen molar-refractivity contribution < 1.29 is 9.15 Å². The zero-order chi connectivity index (χ0) is 40.6. The lowest BCUT2D eigenvalue weighted by Gasteiger charge is -2.09. The summed E-state index contributed by atoms with van der Waals surface area (Å²) in [6, 6.07) is 4.06. The van der Waals surface area contributed by atoms with Crippen LogP contribution in [0.2, 0.25) is 0 Å². The number of nitrogens with one attached hydrogen (secondary N) is 1. The molecule has 1 N–H and O–H groups in total. The molecule has 1 fully saturated rings. The number of rotatable bonds is 5. The summed E-state index contributed by atoms with van der Waals surface area (Å²) in [5.74, 6) is 4.87. The molecule has 0 aliphatic carbocycles. The second-order valence-corrected chi connectivity index (χ2v) is 12.5. The molecule has 1 saturated heterocycles. The molecule has 0 spiro atoms. The molecule has 1 atom stereocenters. The van der Waals surface area contributed by atoms with Gasteiger partial charge in [0.2, 0.25) is 0 Å². The van der Waals surface area contributed by atoms with Gasteiger partial charge >= 0.3 is 0 Å². The lowest BCUT2D eigenvalue weighted by Crippen LogP contribution is -2.06. The third-order valence-corrected chi connectivity index (χ3v) is 7.52. The first-order valence-corrected chi connectivity index (χ1v) is 20.6. The number of oxazole rings is 1. The summed E-state index contributed by atoms with van der Waals surface area (Å²) in [5, 5.41) is 0. The normalized spacial score (nSPS) is 11.9. The molecule has 8 heteroatoms. The van der Waals surface area contributed by atoms with Gasteiger partial charge in [0.25, 0.3) is 0 Å². The molecule has 0 amide bonds. The fourth-order valence-electron chi connectivity index (χ4n) is 3.40. The van der Waals surface area contributed by atoms with E-state index in [-0.39, 0.29) is 0 Å². The molecule has 5 rings (SSSR count). The van der Waals surface area contributed by atoms with Gasteiger partial charge in [0.15, 0.2) is 6.39 Å². The maximum atomic E-state index is 5.22. The van der Waals surface area contributed by atoms with E-state index in [4.69, 9.17) is 9.15 Å². The summed E-state index contributed by atoms with van der Waals surface area (Å²) in [6.45, 7) is 43.6. The molecule has 5 heterocycles. The summed E-state index contributed by atoms with van der Waals surface area (Å²) in [5.41, 5.74) is 4.37. The number of thiazole rings is 1. The molecule has 0 saturated carbocycles. The zero-order valence-corrected chi connectivity index (χ0v) is 37.7. The van der Waals surface area contributed by atoms with Crippen molar-refractivity contribution in [3.8, 4) is 0 Å². The van der Waals surface area contributed by atoms with Crippen molar-refractivity contribution in [3.63, 3.8) is 0 Å². The first kappa shape index (κ1) is 57.5. The number of hydrogen-bond acceptors (Lipinski definition) is 7. The van der Waals surface area contributed by atoms with Crippen LogP contribution in [0, 0.1) is 11.8 Å². The van der Waals surface area contributed by atoms with Gasteiger partial charge < -0.3 is 14.1 Å². The molecule has 7 nitrogen and oxygen atoms in total. The number of nitrogens with zero attached hydrogens (tertiary/aromatic N) is 4. The van der Waals surface area contributed by atoms with Crippen LogP contribution in [0.1, 0.15) is 190 Å². The van der Waals surface area contributed by atoms with Crippen molar-refractivity contribution in [2.45, 2.75) is 169 Å². The SMILES string of the molecule is CC.CC.CC.CC.CC.CC(C)C1CCOC1.CC(C)c1cccnc1.CC(C)c1cnc[nH]1.CC(C)c1cnco1.CC(C)c1cncs1. The lowest BCUT2D eigenvalue weighted by molar-refractivity contribution is 0.176. The van der Waals surface area contributed by atoms with Crippen LogP contribution in [0.4, 0.5) is 0 Å². The molecule has 0 bridgehead atoms. The third-order valence-electron chi connectivity index (χ3n) is 6.44. The van der Waals surface area contributed by atoms with Gasteiger partial charge in [0.05, 0.1) is 18.0 Å². The first-order chi connectivity index (χ1) is 24.5. The minimum atomic E-state index is 0.456. The van der Waals surface area contributed by atoms with Gasteiger partial charge in [-0.25, -0.2) is 9.97 Å². The first-order valence-electron chi connectivity index (χ1n) is 19.7. The van der Waals surface area contributed by atoms with Crippen LogP contribution < -0.4 is 0 Å². The molecule has 1 aliphatic rings. The summed E-state index contributed by atoms with van der Waals surface area (Å²) in [4.78, 5) is 20.0. The maximum absolute atomic E-state index is 5.22. The molecular weight excluding hydrogens is 651 g/mol. The Bertz CT molecular complexity index is 984. The van der Waals surface area contributed by atoms with Crippen molar-refractivity contribution in [3.05, 3.63) is 83.2 Å².